The topological polar surface area (TPSA) is 79.3 Å². The summed E-state index contributed by atoms with van der Waals surface area (Å²) in [5, 5.41) is 12.8. The number of halogens is 1. The van der Waals surface area contributed by atoms with Gasteiger partial charge in [-0.25, -0.2) is 9.78 Å². The summed E-state index contributed by atoms with van der Waals surface area (Å²) in [6.07, 6.45) is 0. The summed E-state index contributed by atoms with van der Waals surface area (Å²) in [5.74, 6) is -1.80. The van der Waals surface area contributed by atoms with Crippen molar-refractivity contribution >= 4 is 40.5 Å². The number of carboxylic acid groups (broad SMARTS) is 1. The largest absolute Gasteiger partial charge is 0.477 e. The van der Waals surface area contributed by atoms with Crippen LogP contribution in [0.1, 0.15) is 33.2 Å². The van der Waals surface area contributed by atoms with Crippen LogP contribution in [0.4, 0.5) is 5.69 Å². The molecule has 2 aromatic rings. The lowest BCUT2D eigenvalue weighted by Gasteiger charge is -2.09. The van der Waals surface area contributed by atoms with E-state index in [1.165, 1.54) is 0 Å². The predicted molar refractivity (Wildman–Crippen MR) is 82.3 cm³/mol. The lowest BCUT2D eigenvalue weighted by atomic mass is 10.1. The molecule has 1 heterocycles. The number of aromatic nitrogens is 1. The molecule has 0 bridgehead atoms. The third-order valence-electron chi connectivity index (χ3n) is 2.88. The summed E-state index contributed by atoms with van der Waals surface area (Å²) >= 11 is 6.80. The van der Waals surface area contributed by atoms with Crippen molar-refractivity contribution < 1.29 is 14.7 Å². The van der Waals surface area contributed by atoms with Gasteiger partial charge in [0.15, 0.2) is 0 Å². The highest BCUT2D eigenvalue weighted by Gasteiger charge is 2.22. The maximum absolute atomic E-state index is 12.2. The normalized spacial score (nSPS) is 12.0. The van der Waals surface area contributed by atoms with E-state index in [4.69, 9.17) is 16.7 Å². The first kappa shape index (κ1) is 15.5. The number of rotatable bonds is 4. The lowest BCUT2D eigenvalue weighted by Crippen LogP contribution is -2.18. The average Bonchev–Trinajstić information content (AvgIpc) is 2.82. The van der Waals surface area contributed by atoms with Crippen molar-refractivity contribution in [1.82, 2.24) is 4.98 Å². The zero-order valence-corrected chi connectivity index (χ0v) is 13.0. The molecule has 5 nitrogen and oxygen atoms in total. The fraction of sp³-hybridized carbons (Fsp3) is 0.214. The van der Waals surface area contributed by atoms with Crippen molar-refractivity contribution in [2.75, 3.05) is 5.32 Å². The van der Waals surface area contributed by atoms with Crippen molar-refractivity contribution in [3.8, 4) is 0 Å². The van der Waals surface area contributed by atoms with Gasteiger partial charge in [0.25, 0.3) is 0 Å². The van der Waals surface area contributed by atoms with E-state index in [-0.39, 0.29) is 10.8 Å². The minimum absolute atomic E-state index is 0.163. The first-order valence-electron chi connectivity index (χ1n) is 6.15. The summed E-state index contributed by atoms with van der Waals surface area (Å²) in [7, 11) is 0. The zero-order valence-electron chi connectivity index (χ0n) is 11.4. The Balaban J connectivity index is 2.13. The molecule has 110 valence electrons. The number of carbonyl (C=O) groups excluding carboxylic acids is 1. The Morgan fingerprint density at radius 1 is 1.33 bits per heavy atom. The van der Waals surface area contributed by atoms with Gasteiger partial charge in [0, 0.05) is 10.7 Å². The van der Waals surface area contributed by atoms with E-state index in [2.05, 4.69) is 10.3 Å². The SMILES string of the molecule is Cc1nc([C@H](C)C(=O)Nc2ccc(Cl)cc2)sc1C(=O)O. The molecule has 1 aromatic heterocycles. The molecule has 0 unspecified atom stereocenters. The van der Waals surface area contributed by atoms with Crippen LogP contribution >= 0.6 is 22.9 Å². The molecule has 21 heavy (non-hydrogen) atoms. The fourth-order valence-electron chi connectivity index (χ4n) is 1.70. The molecule has 0 aliphatic heterocycles. The average molecular weight is 325 g/mol. The maximum Gasteiger partial charge on any atom is 0.347 e. The summed E-state index contributed by atoms with van der Waals surface area (Å²) < 4.78 is 0. The molecule has 0 aliphatic rings. The standard InChI is InChI=1S/C14H13ClN2O3S/c1-7(13-16-8(2)11(21-13)14(19)20)12(18)17-10-5-3-9(15)4-6-10/h3-7H,1-2H3,(H,17,18)(H,19,20)/t7-/m1/s1. The molecular formula is C14H13ClN2O3S. The molecule has 1 amide bonds. The van der Waals surface area contributed by atoms with Crippen LogP contribution in [0.25, 0.3) is 0 Å². The third kappa shape index (κ3) is 3.59. The minimum atomic E-state index is -1.03. The van der Waals surface area contributed by atoms with Gasteiger partial charge in [-0.05, 0) is 38.1 Å². The number of carboxylic acids is 1. The Labute approximate surface area is 130 Å². The number of anilines is 1. The second kappa shape index (κ2) is 6.24. The Morgan fingerprint density at radius 2 is 1.95 bits per heavy atom. The number of hydrogen-bond acceptors (Lipinski definition) is 4. The molecule has 1 atom stereocenters. The highest BCUT2D eigenvalue weighted by molar-refractivity contribution is 7.13. The van der Waals surface area contributed by atoms with Gasteiger partial charge in [0.2, 0.25) is 5.91 Å². The van der Waals surface area contributed by atoms with E-state index in [0.29, 0.717) is 21.4 Å². The summed E-state index contributed by atoms with van der Waals surface area (Å²) in [5.41, 5.74) is 1.05. The van der Waals surface area contributed by atoms with E-state index in [1.807, 2.05) is 0 Å². The van der Waals surface area contributed by atoms with Gasteiger partial charge >= 0.3 is 5.97 Å². The number of carbonyl (C=O) groups is 2. The van der Waals surface area contributed by atoms with Gasteiger partial charge in [0.05, 0.1) is 11.6 Å². The van der Waals surface area contributed by atoms with Gasteiger partial charge < -0.3 is 10.4 Å². The van der Waals surface area contributed by atoms with Crippen LogP contribution < -0.4 is 5.32 Å². The molecule has 0 aliphatic carbocycles. The fourth-order valence-corrected chi connectivity index (χ4v) is 2.78. The molecular weight excluding hydrogens is 312 g/mol. The third-order valence-corrected chi connectivity index (χ3v) is 4.46. The monoisotopic (exact) mass is 324 g/mol. The molecule has 0 radical (unpaired) electrons. The molecule has 2 N–H and O–H groups in total. The number of aryl methyl sites for hydroxylation is 1. The Kier molecular flexibility index (Phi) is 4.59. The van der Waals surface area contributed by atoms with Crippen LogP contribution in [0.5, 0.6) is 0 Å². The van der Waals surface area contributed by atoms with Crippen LogP contribution in [0.3, 0.4) is 0 Å². The minimum Gasteiger partial charge on any atom is -0.477 e. The first-order valence-corrected chi connectivity index (χ1v) is 7.35. The van der Waals surface area contributed by atoms with Crippen LogP contribution in [-0.2, 0) is 4.79 Å². The lowest BCUT2D eigenvalue weighted by molar-refractivity contribution is -0.117. The van der Waals surface area contributed by atoms with E-state index in [1.54, 1.807) is 38.1 Å². The molecule has 0 saturated heterocycles. The van der Waals surface area contributed by atoms with Crippen LogP contribution in [0.2, 0.25) is 5.02 Å². The molecule has 1 aromatic carbocycles. The molecule has 2 rings (SSSR count). The van der Waals surface area contributed by atoms with E-state index in [0.717, 1.165) is 11.3 Å². The molecule has 0 saturated carbocycles. The van der Waals surface area contributed by atoms with Crippen LogP contribution in [0, 0.1) is 6.92 Å². The van der Waals surface area contributed by atoms with Crippen molar-refractivity contribution in [2.45, 2.75) is 19.8 Å². The number of nitrogens with zero attached hydrogens (tertiary/aromatic N) is 1. The summed E-state index contributed by atoms with van der Waals surface area (Å²) in [6, 6.07) is 6.75. The Morgan fingerprint density at radius 3 is 2.48 bits per heavy atom. The second-order valence-corrected chi connectivity index (χ2v) is 5.96. The van der Waals surface area contributed by atoms with Crippen molar-refractivity contribution in [1.29, 1.82) is 0 Å². The Bertz CT molecular complexity index is 682. The predicted octanol–water partition coefficient (Wildman–Crippen LogP) is 3.55. The number of hydrogen-bond donors (Lipinski definition) is 2. The maximum atomic E-state index is 12.2. The zero-order chi connectivity index (χ0) is 15.6. The van der Waals surface area contributed by atoms with Crippen molar-refractivity contribution in [2.24, 2.45) is 0 Å². The summed E-state index contributed by atoms with van der Waals surface area (Å²) in [6.45, 7) is 3.31. The number of aromatic carboxylic acids is 1. The molecule has 0 spiro atoms. The summed E-state index contributed by atoms with van der Waals surface area (Å²) in [4.78, 5) is 27.5. The van der Waals surface area contributed by atoms with Gasteiger partial charge in [-0.2, -0.15) is 0 Å². The number of thiazole rings is 1. The van der Waals surface area contributed by atoms with Gasteiger partial charge in [0.1, 0.15) is 9.88 Å². The van der Waals surface area contributed by atoms with E-state index in [9.17, 15) is 9.59 Å². The molecule has 7 heteroatoms. The Hall–Kier alpha value is -1.92. The van der Waals surface area contributed by atoms with Crippen LogP contribution in [-0.4, -0.2) is 22.0 Å². The van der Waals surface area contributed by atoms with E-state index >= 15 is 0 Å². The molecule has 0 fully saturated rings. The first-order chi connectivity index (χ1) is 9.88. The highest BCUT2D eigenvalue weighted by atomic mass is 35.5. The number of benzene rings is 1. The smallest absolute Gasteiger partial charge is 0.347 e. The van der Waals surface area contributed by atoms with Gasteiger partial charge in [-0.1, -0.05) is 11.6 Å². The second-order valence-electron chi connectivity index (χ2n) is 4.49. The number of nitrogens with one attached hydrogen (secondary N) is 1. The highest BCUT2D eigenvalue weighted by Crippen LogP contribution is 2.26. The van der Waals surface area contributed by atoms with Crippen molar-refractivity contribution in [3.63, 3.8) is 0 Å². The van der Waals surface area contributed by atoms with Gasteiger partial charge in [-0.3, -0.25) is 4.79 Å². The van der Waals surface area contributed by atoms with Crippen LogP contribution in [0.15, 0.2) is 24.3 Å². The number of amides is 1. The van der Waals surface area contributed by atoms with Crippen molar-refractivity contribution in [3.05, 3.63) is 44.9 Å². The quantitative estimate of drug-likeness (QED) is 0.901. The van der Waals surface area contributed by atoms with Gasteiger partial charge in [-0.15, -0.1) is 11.3 Å². The van der Waals surface area contributed by atoms with E-state index < -0.39 is 11.9 Å².